The Kier molecular flexibility index (Phi) is 7.36. The van der Waals surface area contributed by atoms with Gasteiger partial charge in [-0.25, -0.2) is 4.99 Å². The predicted molar refractivity (Wildman–Crippen MR) is 112 cm³/mol. The molecule has 4 nitrogen and oxygen atoms in total. The number of phenols is 1. The summed E-state index contributed by atoms with van der Waals surface area (Å²) in [5.74, 6) is 0.773. The van der Waals surface area contributed by atoms with Crippen LogP contribution in [0.5, 0.6) is 5.75 Å². The summed E-state index contributed by atoms with van der Waals surface area (Å²) in [5.41, 5.74) is 9.50. The predicted octanol–water partition coefficient (Wildman–Crippen LogP) is 3.60. The van der Waals surface area contributed by atoms with Crippen molar-refractivity contribution in [1.82, 2.24) is 5.32 Å². The van der Waals surface area contributed by atoms with E-state index in [4.69, 9.17) is 5.73 Å². The molecule has 1 heterocycles. The Bertz CT molecular complexity index is 686. The SMILES string of the molecule is I.NC(=NCc1c(O)ccc2c1CCCC2)NCCc1cccs1. The lowest BCUT2D eigenvalue weighted by Gasteiger charge is -2.19. The molecule has 0 spiro atoms. The van der Waals surface area contributed by atoms with Crippen molar-refractivity contribution in [1.29, 1.82) is 0 Å². The minimum absolute atomic E-state index is 0. The fourth-order valence-corrected chi connectivity index (χ4v) is 3.77. The van der Waals surface area contributed by atoms with E-state index in [0.717, 1.165) is 31.4 Å². The molecule has 0 atom stereocenters. The number of aryl methyl sites for hydroxylation is 1. The average molecular weight is 457 g/mol. The standard InChI is InChI=1S/C18H23N3OS.HI/c19-18(20-10-9-14-5-3-11-23-14)21-12-16-15-6-2-1-4-13(15)7-8-17(16)22;/h3,5,7-8,11,22H,1-2,4,6,9-10,12H2,(H3,19,20,21);1H. The van der Waals surface area contributed by atoms with Gasteiger partial charge >= 0.3 is 0 Å². The molecule has 1 aromatic heterocycles. The van der Waals surface area contributed by atoms with E-state index in [9.17, 15) is 5.11 Å². The Hall–Kier alpha value is -1.28. The van der Waals surface area contributed by atoms with Crippen molar-refractivity contribution >= 4 is 41.3 Å². The highest BCUT2D eigenvalue weighted by atomic mass is 127. The van der Waals surface area contributed by atoms with Gasteiger partial charge in [-0.2, -0.15) is 0 Å². The molecule has 0 unspecified atom stereocenters. The van der Waals surface area contributed by atoms with Crippen LogP contribution in [-0.4, -0.2) is 17.6 Å². The Balaban J connectivity index is 0.00000208. The number of guanidine groups is 1. The lowest BCUT2D eigenvalue weighted by atomic mass is 9.88. The molecular weight excluding hydrogens is 433 g/mol. The molecule has 2 aromatic rings. The van der Waals surface area contributed by atoms with Gasteiger partial charge in [-0.1, -0.05) is 12.1 Å². The van der Waals surface area contributed by atoms with E-state index in [2.05, 4.69) is 27.8 Å². The molecule has 24 heavy (non-hydrogen) atoms. The molecular formula is C18H24IN3OS. The summed E-state index contributed by atoms with van der Waals surface area (Å²) in [7, 11) is 0. The first-order valence-corrected chi connectivity index (χ1v) is 9.01. The van der Waals surface area contributed by atoms with Crippen LogP contribution in [-0.2, 0) is 25.8 Å². The molecule has 6 heteroatoms. The second-order valence-electron chi connectivity index (χ2n) is 5.87. The fourth-order valence-electron chi connectivity index (χ4n) is 3.06. The topological polar surface area (TPSA) is 70.6 Å². The van der Waals surface area contributed by atoms with Crippen molar-refractivity contribution in [2.75, 3.05) is 6.54 Å². The summed E-state index contributed by atoms with van der Waals surface area (Å²) in [5, 5.41) is 15.4. The number of fused-ring (bicyclic) bond motifs is 1. The second-order valence-corrected chi connectivity index (χ2v) is 6.90. The lowest BCUT2D eigenvalue weighted by molar-refractivity contribution is 0.465. The molecule has 0 fully saturated rings. The van der Waals surface area contributed by atoms with Gasteiger partial charge < -0.3 is 16.2 Å². The lowest BCUT2D eigenvalue weighted by Crippen LogP contribution is -2.33. The normalized spacial score (nSPS) is 13.9. The monoisotopic (exact) mass is 457 g/mol. The zero-order chi connectivity index (χ0) is 16.1. The summed E-state index contributed by atoms with van der Waals surface area (Å²) in [6.45, 7) is 1.21. The van der Waals surface area contributed by atoms with Crippen LogP contribution in [0.15, 0.2) is 34.6 Å². The number of halogens is 1. The number of aromatic hydroxyl groups is 1. The van der Waals surface area contributed by atoms with Crippen LogP contribution < -0.4 is 11.1 Å². The van der Waals surface area contributed by atoms with Crippen LogP contribution in [0.4, 0.5) is 0 Å². The van der Waals surface area contributed by atoms with Crippen molar-refractivity contribution in [2.24, 2.45) is 10.7 Å². The zero-order valence-electron chi connectivity index (χ0n) is 13.6. The van der Waals surface area contributed by atoms with Gasteiger partial charge in [-0.3, -0.25) is 0 Å². The van der Waals surface area contributed by atoms with E-state index in [-0.39, 0.29) is 24.0 Å². The highest BCUT2D eigenvalue weighted by Crippen LogP contribution is 2.30. The summed E-state index contributed by atoms with van der Waals surface area (Å²) < 4.78 is 0. The Morgan fingerprint density at radius 1 is 1.25 bits per heavy atom. The van der Waals surface area contributed by atoms with Crippen molar-refractivity contribution in [2.45, 2.75) is 38.6 Å². The maximum Gasteiger partial charge on any atom is 0.188 e. The van der Waals surface area contributed by atoms with Gasteiger partial charge in [-0.15, -0.1) is 35.3 Å². The number of nitrogens with two attached hydrogens (primary N) is 1. The minimum atomic E-state index is 0. The Morgan fingerprint density at radius 3 is 2.88 bits per heavy atom. The minimum Gasteiger partial charge on any atom is -0.508 e. The summed E-state index contributed by atoms with van der Waals surface area (Å²) in [4.78, 5) is 5.74. The molecule has 1 aliphatic carbocycles. The number of hydrogen-bond donors (Lipinski definition) is 3. The number of benzene rings is 1. The van der Waals surface area contributed by atoms with Gasteiger partial charge in [0.1, 0.15) is 5.75 Å². The summed E-state index contributed by atoms with van der Waals surface area (Å²) >= 11 is 1.75. The maximum atomic E-state index is 10.2. The first kappa shape index (κ1) is 19.1. The van der Waals surface area contributed by atoms with E-state index in [1.807, 2.05) is 6.07 Å². The third-order valence-corrected chi connectivity index (χ3v) is 5.23. The maximum absolute atomic E-state index is 10.2. The van der Waals surface area contributed by atoms with Crippen LogP contribution in [0.3, 0.4) is 0 Å². The van der Waals surface area contributed by atoms with Crippen LogP contribution in [0, 0.1) is 0 Å². The Morgan fingerprint density at radius 2 is 2.08 bits per heavy atom. The fraction of sp³-hybridized carbons (Fsp3) is 0.389. The van der Waals surface area contributed by atoms with E-state index in [0.29, 0.717) is 18.3 Å². The number of aliphatic imine (C=N–C) groups is 1. The number of rotatable bonds is 5. The summed E-state index contributed by atoms with van der Waals surface area (Å²) in [6.07, 6.45) is 5.48. The van der Waals surface area contributed by atoms with Gasteiger partial charge in [0.05, 0.1) is 6.54 Å². The Labute approximate surface area is 164 Å². The molecule has 0 saturated heterocycles. The molecule has 1 aliphatic rings. The van der Waals surface area contributed by atoms with Crippen LogP contribution >= 0.6 is 35.3 Å². The van der Waals surface area contributed by atoms with Gasteiger partial charge in [0.25, 0.3) is 0 Å². The zero-order valence-corrected chi connectivity index (χ0v) is 16.8. The smallest absolute Gasteiger partial charge is 0.188 e. The highest BCUT2D eigenvalue weighted by molar-refractivity contribution is 14.0. The van der Waals surface area contributed by atoms with Crippen LogP contribution in [0.1, 0.15) is 34.4 Å². The molecule has 0 aliphatic heterocycles. The number of nitrogens with one attached hydrogen (secondary N) is 1. The van der Waals surface area contributed by atoms with E-state index in [1.165, 1.54) is 28.8 Å². The van der Waals surface area contributed by atoms with Gasteiger partial charge in [0, 0.05) is 17.0 Å². The van der Waals surface area contributed by atoms with Gasteiger partial charge in [0.15, 0.2) is 5.96 Å². The molecule has 3 rings (SSSR count). The quantitative estimate of drug-likeness (QED) is 0.365. The van der Waals surface area contributed by atoms with Crippen molar-refractivity contribution in [3.8, 4) is 5.75 Å². The highest BCUT2D eigenvalue weighted by Gasteiger charge is 2.16. The summed E-state index contributed by atoms with van der Waals surface area (Å²) in [6, 6.07) is 8.00. The van der Waals surface area contributed by atoms with Crippen molar-refractivity contribution in [3.05, 3.63) is 51.2 Å². The molecule has 0 amide bonds. The average Bonchev–Trinajstić information content (AvgIpc) is 3.07. The molecule has 1 aromatic carbocycles. The number of hydrogen-bond acceptors (Lipinski definition) is 3. The largest absolute Gasteiger partial charge is 0.508 e. The van der Waals surface area contributed by atoms with E-state index in [1.54, 1.807) is 17.4 Å². The third kappa shape index (κ3) is 4.86. The third-order valence-electron chi connectivity index (χ3n) is 4.29. The molecule has 130 valence electrons. The van der Waals surface area contributed by atoms with Gasteiger partial charge in [-0.05, 0) is 60.7 Å². The molecule has 0 bridgehead atoms. The molecule has 0 radical (unpaired) electrons. The number of thiophene rings is 1. The van der Waals surface area contributed by atoms with Crippen LogP contribution in [0.25, 0.3) is 0 Å². The first-order valence-electron chi connectivity index (χ1n) is 8.13. The van der Waals surface area contributed by atoms with Crippen molar-refractivity contribution in [3.63, 3.8) is 0 Å². The van der Waals surface area contributed by atoms with Gasteiger partial charge in [0.2, 0.25) is 0 Å². The van der Waals surface area contributed by atoms with E-state index < -0.39 is 0 Å². The number of nitrogens with zero attached hydrogens (tertiary/aromatic N) is 1. The first-order chi connectivity index (χ1) is 11.2. The molecule has 0 saturated carbocycles. The number of phenolic OH excluding ortho intramolecular Hbond substituents is 1. The van der Waals surface area contributed by atoms with Crippen molar-refractivity contribution < 1.29 is 5.11 Å². The van der Waals surface area contributed by atoms with Crippen LogP contribution in [0.2, 0.25) is 0 Å². The molecule has 4 N–H and O–H groups in total. The van der Waals surface area contributed by atoms with E-state index >= 15 is 0 Å². The second kappa shape index (κ2) is 9.27.